The minimum absolute atomic E-state index is 0.286. The van der Waals surface area contributed by atoms with E-state index in [1.54, 1.807) is 30.3 Å². The van der Waals surface area contributed by atoms with E-state index in [4.69, 9.17) is 27.9 Å². The topological polar surface area (TPSA) is 55.4 Å². The summed E-state index contributed by atoms with van der Waals surface area (Å²) in [5, 5.41) is 3.14. The number of hydrogen-bond acceptors (Lipinski definition) is 3. The molecule has 1 N–H and O–H groups in total. The fourth-order valence-electron chi connectivity index (χ4n) is 2.44. The van der Waals surface area contributed by atoms with Gasteiger partial charge in [-0.2, -0.15) is 0 Å². The Hall–Kier alpha value is -2.82. The van der Waals surface area contributed by atoms with Crippen molar-refractivity contribution in [3.05, 3.63) is 88.4 Å². The molecule has 0 aromatic heterocycles. The van der Waals surface area contributed by atoms with Gasteiger partial charge in [0.1, 0.15) is 0 Å². The van der Waals surface area contributed by atoms with Gasteiger partial charge in [-0.05, 0) is 35.4 Å². The fourth-order valence-corrected chi connectivity index (χ4v) is 2.93. The Kier molecular flexibility index (Phi) is 6.12. The third-order valence-corrected chi connectivity index (χ3v) is 4.42. The van der Waals surface area contributed by atoms with Crippen LogP contribution in [0.15, 0.2) is 72.8 Å². The Bertz CT molecular complexity index is 937. The van der Waals surface area contributed by atoms with Crippen molar-refractivity contribution in [2.24, 2.45) is 0 Å². The van der Waals surface area contributed by atoms with Crippen LogP contribution in [0.1, 0.15) is 10.4 Å². The van der Waals surface area contributed by atoms with E-state index in [1.165, 1.54) is 0 Å². The molecular formula is C21H15Cl2NO3. The molecule has 0 aliphatic heterocycles. The van der Waals surface area contributed by atoms with Crippen molar-refractivity contribution in [1.29, 1.82) is 0 Å². The van der Waals surface area contributed by atoms with Gasteiger partial charge in [0.2, 0.25) is 0 Å². The normalized spacial score (nSPS) is 10.3. The molecule has 3 aromatic carbocycles. The highest BCUT2D eigenvalue weighted by Crippen LogP contribution is 2.29. The number of benzene rings is 3. The predicted octanol–water partition coefficient (Wildman–Crippen LogP) is 5.46. The maximum Gasteiger partial charge on any atom is 0.338 e. The van der Waals surface area contributed by atoms with Crippen molar-refractivity contribution in [2.75, 3.05) is 11.9 Å². The number of carbonyl (C=O) groups is 2. The molecule has 3 aromatic rings. The minimum Gasteiger partial charge on any atom is -0.452 e. The highest BCUT2D eigenvalue weighted by molar-refractivity contribution is 6.39. The van der Waals surface area contributed by atoms with E-state index in [0.29, 0.717) is 15.6 Å². The molecule has 4 nitrogen and oxygen atoms in total. The Morgan fingerprint density at radius 1 is 0.778 bits per heavy atom. The van der Waals surface area contributed by atoms with Crippen LogP contribution < -0.4 is 5.32 Å². The summed E-state index contributed by atoms with van der Waals surface area (Å²) in [6.45, 7) is -0.444. The summed E-state index contributed by atoms with van der Waals surface area (Å²) < 4.78 is 5.05. The van der Waals surface area contributed by atoms with Gasteiger partial charge in [-0.15, -0.1) is 0 Å². The number of ether oxygens (including phenoxy) is 1. The van der Waals surface area contributed by atoms with Crippen LogP contribution in [-0.4, -0.2) is 18.5 Å². The number of hydrogen-bond donors (Lipinski definition) is 1. The van der Waals surface area contributed by atoms with Crippen molar-refractivity contribution in [3.63, 3.8) is 0 Å². The molecule has 0 saturated heterocycles. The minimum atomic E-state index is -0.588. The van der Waals surface area contributed by atoms with Crippen molar-refractivity contribution in [3.8, 4) is 11.1 Å². The monoisotopic (exact) mass is 399 g/mol. The van der Waals surface area contributed by atoms with Crippen LogP contribution in [0.2, 0.25) is 10.0 Å². The molecule has 0 spiro atoms. The molecule has 0 atom stereocenters. The smallest absolute Gasteiger partial charge is 0.338 e. The molecule has 6 heteroatoms. The predicted molar refractivity (Wildman–Crippen MR) is 107 cm³/mol. The zero-order valence-electron chi connectivity index (χ0n) is 14.1. The molecule has 0 saturated carbocycles. The zero-order valence-corrected chi connectivity index (χ0v) is 15.6. The van der Waals surface area contributed by atoms with Crippen LogP contribution in [0.4, 0.5) is 5.69 Å². The van der Waals surface area contributed by atoms with Crippen LogP contribution in [0.5, 0.6) is 0 Å². The van der Waals surface area contributed by atoms with Crippen LogP contribution in [0, 0.1) is 0 Å². The largest absolute Gasteiger partial charge is 0.452 e. The Morgan fingerprint density at radius 2 is 1.37 bits per heavy atom. The third kappa shape index (κ3) is 4.88. The highest BCUT2D eigenvalue weighted by Gasteiger charge is 2.13. The lowest BCUT2D eigenvalue weighted by Gasteiger charge is -2.10. The summed E-state index contributed by atoms with van der Waals surface area (Å²) in [5.41, 5.74) is 2.68. The molecule has 0 fully saturated rings. The second kappa shape index (κ2) is 8.71. The van der Waals surface area contributed by atoms with Gasteiger partial charge < -0.3 is 10.1 Å². The van der Waals surface area contributed by atoms with Gasteiger partial charge in [0, 0.05) is 0 Å². The molecule has 0 aliphatic carbocycles. The average molecular weight is 400 g/mol. The quantitative estimate of drug-likeness (QED) is 0.579. The third-order valence-electron chi connectivity index (χ3n) is 3.79. The molecule has 27 heavy (non-hydrogen) atoms. The van der Waals surface area contributed by atoms with Crippen molar-refractivity contribution >= 4 is 40.8 Å². The van der Waals surface area contributed by atoms with Gasteiger partial charge in [0.25, 0.3) is 5.91 Å². The van der Waals surface area contributed by atoms with E-state index >= 15 is 0 Å². The lowest BCUT2D eigenvalue weighted by molar-refractivity contribution is -0.119. The van der Waals surface area contributed by atoms with E-state index in [2.05, 4.69) is 5.32 Å². The van der Waals surface area contributed by atoms with Crippen LogP contribution >= 0.6 is 23.2 Å². The number of nitrogens with one attached hydrogen (secondary N) is 1. The van der Waals surface area contributed by atoms with Crippen LogP contribution in [-0.2, 0) is 9.53 Å². The number of halogens is 2. The summed E-state index contributed by atoms with van der Waals surface area (Å²) in [6.07, 6.45) is 0. The standard InChI is InChI=1S/C21H15Cl2NO3/c22-17-7-4-8-18(23)20(17)24-19(25)13-27-21(26)16-11-9-15(10-12-16)14-5-2-1-3-6-14/h1-12H,13H2,(H,24,25). The van der Waals surface area contributed by atoms with Crippen LogP contribution in [0.3, 0.4) is 0 Å². The SMILES string of the molecule is O=C(COC(=O)c1ccc(-c2ccccc2)cc1)Nc1c(Cl)cccc1Cl. The molecule has 0 heterocycles. The zero-order chi connectivity index (χ0) is 19.2. The first-order valence-corrected chi connectivity index (χ1v) is 8.86. The van der Waals surface area contributed by atoms with Crippen LogP contribution in [0.25, 0.3) is 11.1 Å². The number of anilines is 1. The Morgan fingerprint density at radius 3 is 2.00 bits per heavy atom. The maximum atomic E-state index is 12.1. The molecule has 0 aliphatic rings. The first-order chi connectivity index (χ1) is 13.0. The van der Waals surface area contributed by atoms with Gasteiger partial charge >= 0.3 is 5.97 Å². The van der Waals surface area contributed by atoms with E-state index in [1.807, 2.05) is 42.5 Å². The van der Waals surface area contributed by atoms with Gasteiger partial charge in [-0.25, -0.2) is 4.79 Å². The highest BCUT2D eigenvalue weighted by atomic mass is 35.5. The van der Waals surface area contributed by atoms with E-state index in [9.17, 15) is 9.59 Å². The van der Waals surface area contributed by atoms with Crippen molar-refractivity contribution < 1.29 is 14.3 Å². The van der Waals surface area contributed by atoms with Gasteiger partial charge in [-0.3, -0.25) is 4.79 Å². The van der Waals surface area contributed by atoms with E-state index in [-0.39, 0.29) is 5.69 Å². The lowest BCUT2D eigenvalue weighted by Crippen LogP contribution is -2.21. The fraction of sp³-hybridized carbons (Fsp3) is 0.0476. The van der Waals surface area contributed by atoms with Gasteiger partial charge in [0.15, 0.2) is 6.61 Å². The van der Waals surface area contributed by atoms with E-state index in [0.717, 1.165) is 11.1 Å². The first kappa shape index (κ1) is 19.0. The summed E-state index contributed by atoms with van der Waals surface area (Å²) >= 11 is 12.0. The second-order valence-corrected chi connectivity index (χ2v) is 6.48. The van der Waals surface area contributed by atoms with Crippen molar-refractivity contribution in [1.82, 2.24) is 0 Å². The molecule has 0 bridgehead atoms. The number of carbonyl (C=O) groups excluding carboxylic acids is 2. The molecule has 0 unspecified atom stereocenters. The van der Waals surface area contributed by atoms with Gasteiger partial charge in [0.05, 0.1) is 21.3 Å². The molecular weight excluding hydrogens is 385 g/mol. The Labute approximate surface area is 166 Å². The molecule has 136 valence electrons. The van der Waals surface area contributed by atoms with Gasteiger partial charge in [-0.1, -0.05) is 71.7 Å². The number of para-hydroxylation sites is 1. The van der Waals surface area contributed by atoms with E-state index < -0.39 is 18.5 Å². The molecule has 1 amide bonds. The Balaban J connectivity index is 1.58. The summed E-state index contributed by atoms with van der Waals surface area (Å²) in [4.78, 5) is 24.1. The first-order valence-electron chi connectivity index (χ1n) is 8.11. The summed E-state index contributed by atoms with van der Waals surface area (Å²) in [6, 6.07) is 21.6. The molecule has 3 rings (SSSR count). The summed E-state index contributed by atoms with van der Waals surface area (Å²) in [7, 11) is 0. The number of rotatable bonds is 5. The maximum absolute atomic E-state index is 12.1. The summed E-state index contributed by atoms with van der Waals surface area (Å²) in [5.74, 6) is -1.12. The second-order valence-electron chi connectivity index (χ2n) is 5.66. The van der Waals surface area contributed by atoms with Crippen molar-refractivity contribution in [2.45, 2.75) is 0 Å². The molecule has 0 radical (unpaired) electrons. The number of amides is 1. The number of esters is 1. The average Bonchev–Trinajstić information content (AvgIpc) is 2.70. The lowest BCUT2D eigenvalue weighted by atomic mass is 10.0.